The van der Waals surface area contributed by atoms with Gasteiger partial charge in [0.05, 0.1) is 12.8 Å². The summed E-state index contributed by atoms with van der Waals surface area (Å²) in [6.45, 7) is 5.64. The van der Waals surface area contributed by atoms with Crippen LogP contribution in [-0.2, 0) is 12.0 Å². The molecule has 2 amide bonds. The molecule has 0 bridgehead atoms. The van der Waals surface area contributed by atoms with Crippen molar-refractivity contribution < 1.29 is 14.3 Å². The van der Waals surface area contributed by atoms with Crippen LogP contribution in [0.3, 0.4) is 0 Å². The van der Waals surface area contributed by atoms with Gasteiger partial charge in [-0.25, -0.2) is 4.79 Å². The van der Waals surface area contributed by atoms with Gasteiger partial charge in [-0.1, -0.05) is 25.1 Å². The summed E-state index contributed by atoms with van der Waals surface area (Å²) < 4.78 is 5.18. The van der Waals surface area contributed by atoms with E-state index < -0.39 is 5.60 Å². The van der Waals surface area contributed by atoms with Crippen LogP contribution < -0.4 is 10.6 Å². The summed E-state index contributed by atoms with van der Waals surface area (Å²) in [5.74, 6) is 0.415. The zero-order valence-electron chi connectivity index (χ0n) is 13.1. The van der Waals surface area contributed by atoms with E-state index in [1.54, 1.807) is 19.1 Å². The fourth-order valence-corrected chi connectivity index (χ4v) is 2.28. The number of hydrogen-bond donors (Lipinski definition) is 3. The van der Waals surface area contributed by atoms with E-state index in [-0.39, 0.29) is 12.6 Å². The van der Waals surface area contributed by atoms with Gasteiger partial charge in [0, 0.05) is 5.69 Å². The molecule has 0 radical (unpaired) electrons. The van der Waals surface area contributed by atoms with Gasteiger partial charge in [-0.2, -0.15) is 0 Å². The van der Waals surface area contributed by atoms with Gasteiger partial charge in [0.2, 0.25) is 0 Å². The lowest BCUT2D eigenvalue weighted by atomic mass is 10.0. The Bertz CT molecular complexity index is 633. The van der Waals surface area contributed by atoms with Gasteiger partial charge in [-0.15, -0.1) is 0 Å². The highest BCUT2D eigenvalue weighted by atomic mass is 16.4. The largest absolute Gasteiger partial charge is 0.466 e. The Hall–Kier alpha value is -2.27. The Morgan fingerprint density at radius 1 is 1.32 bits per heavy atom. The van der Waals surface area contributed by atoms with Gasteiger partial charge < -0.3 is 20.2 Å². The standard InChI is InChI=1S/C17H22N2O3/c1-4-13-8-5-7-12(2)15(13)19-16(20)18-11-17(3,21)14-9-6-10-22-14/h5-10,21H,4,11H2,1-3H3,(H2,18,19,20). The number of furan rings is 1. The number of carbonyl (C=O) groups is 1. The zero-order chi connectivity index (χ0) is 16.2. The number of aliphatic hydroxyl groups is 1. The number of urea groups is 1. The van der Waals surface area contributed by atoms with Crippen LogP contribution in [0, 0.1) is 6.92 Å². The van der Waals surface area contributed by atoms with Gasteiger partial charge in [-0.3, -0.25) is 0 Å². The van der Waals surface area contributed by atoms with Gasteiger partial charge in [-0.05, 0) is 43.5 Å². The summed E-state index contributed by atoms with van der Waals surface area (Å²) in [4.78, 5) is 12.1. The van der Waals surface area contributed by atoms with Crippen LogP contribution >= 0.6 is 0 Å². The summed E-state index contributed by atoms with van der Waals surface area (Å²) >= 11 is 0. The molecular weight excluding hydrogens is 280 g/mol. The highest BCUT2D eigenvalue weighted by Crippen LogP contribution is 2.22. The number of hydrogen-bond acceptors (Lipinski definition) is 3. The van der Waals surface area contributed by atoms with Crippen molar-refractivity contribution in [3.63, 3.8) is 0 Å². The molecule has 1 heterocycles. The molecule has 5 heteroatoms. The Labute approximate surface area is 130 Å². The minimum absolute atomic E-state index is 0.0552. The molecule has 1 aromatic heterocycles. The van der Waals surface area contributed by atoms with Crippen LogP contribution in [0.15, 0.2) is 41.0 Å². The maximum atomic E-state index is 12.1. The summed E-state index contributed by atoms with van der Waals surface area (Å²) in [6, 6.07) is 8.94. The molecule has 5 nitrogen and oxygen atoms in total. The molecular formula is C17H22N2O3. The van der Waals surface area contributed by atoms with E-state index in [2.05, 4.69) is 10.6 Å². The first-order valence-electron chi connectivity index (χ1n) is 7.33. The fourth-order valence-electron chi connectivity index (χ4n) is 2.28. The molecule has 0 aliphatic rings. The van der Waals surface area contributed by atoms with E-state index in [4.69, 9.17) is 4.42 Å². The Kier molecular flexibility index (Phi) is 4.88. The first-order chi connectivity index (χ1) is 10.4. The molecule has 3 N–H and O–H groups in total. The molecule has 0 saturated heterocycles. The topological polar surface area (TPSA) is 74.5 Å². The first kappa shape index (κ1) is 16.1. The first-order valence-corrected chi connectivity index (χ1v) is 7.33. The molecule has 22 heavy (non-hydrogen) atoms. The molecule has 2 aromatic rings. The third-order valence-electron chi connectivity index (χ3n) is 3.62. The molecule has 0 spiro atoms. The van der Waals surface area contributed by atoms with E-state index >= 15 is 0 Å². The quantitative estimate of drug-likeness (QED) is 0.794. The minimum atomic E-state index is -1.25. The predicted molar refractivity (Wildman–Crippen MR) is 85.9 cm³/mol. The highest BCUT2D eigenvalue weighted by molar-refractivity contribution is 5.91. The zero-order valence-corrected chi connectivity index (χ0v) is 13.1. The Balaban J connectivity index is 2.00. The van der Waals surface area contributed by atoms with Crippen molar-refractivity contribution >= 4 is 11.7 Å². The predicted octanol–water partition coefficient (Wildman–Crippen LogP) is 3.18. The molecule has 0 aliphatic heterocycles. The second-order valence-corrected chi connectivity index (χ2v) is 5.52. The van der Waals surface area contributed by atoms with E-state index in [9.17, 15) is 9.90 Å². The summed E-state index contributed by atoms with van der Waals surface area (Å²) in [5.41, 5.74) is 1.65. The number of carbonyl (C=O) groups excluding carboxylic acids is 1. The lowest BCUT2D eigenvalue weighted by Gasteiger charge is -2.21. The van der Waals surface area contributed by atoms with Crippen molar-refractivity contribution in [3.05, 3.63) is 53.5 Å². The minimum Gasteiger partial charge on any atom is -0.466 e. The van der Waals surface area contributed by atoms with E-state index in [1.807, 2.05) is 32.0 Å². The highest BCUT2D eigenvalue weighted by Gasteiger charge is 2.26. The van der Waals surface area contributed by atoms with Crippen LogP contribution in [0.5, 0.6) is 0 Å². The molecule has 1 unspecified atom stereocenters. The van der Waals surface area contributed by atoms with Crippen molar-refractivity contribution in [2.45, 2.75) is 32.8 Å². The number of anilines is 1. The molecule has 1 atom stereocenters. The van der Waals surface area contributed by atoms with Crippen molar-refractivity contribution in [2.75, 3.05) is 11.9 Å². The second kappa shape index (κ2) is 6.66. The Morgan fingerprint density at radius 3 is 2.73 bits per heavy atom. The van der Waals surface area contributed by atoms with Crippen molar-refractivity contribution in [2.24, 2.45) is 0 Å². The monoisotopic (exact) mass is 302 g/mol. The molecule has 0 aliphatic carbocycles. The lowest BCUT2D eigenvalue weighted by Crippen LogP contribution is -2.40. The van der Waals surface area contributed by atoms with Crippen LogP contribution in [0.1, 0.15) is 30.7 Å². The van der Waals surface area contributed by atoms with E-state index in [1.165, 1.54) is 6.26 Å². The maximum Gasteiger partial charge on any atom is 0.319 e. The van der Waals surface area contributed by atoms with E-state index in [0.29, 0.717) is 5.76 Å². The van der Waals surface area contributed by atoms with Crippen molar-refractivity contribution in [3.8, 4) is 0 Å². The molecule has 2 rings (SSSR count). The third-order valence-corrected chi connectivity index (χ3v) is 3.62. The maximum absolute atomic E-state index is 12.1. The van der Waals surface area contributed by atoms with Crippen molar-refractivity contribution in [1.82, 2.24) is 5.32 Å². The number of amides is 2. The van der Waals surface area contributed by atoms with E-state index in [0.717, 1.165) is 23.2 Å². The average Bonchev–Trinajstić information content (AvgIpc) is 3.02. The van der Waals surface area contributed by atoms with Gasteiger partial charge in [0.25, 0.3) is 0 Å². The van der Waals surface area contributed by atoms with Crippen molar-refractivity contribution in [1.29, 1.82) is 0 Å². The molecule has 1 aromatic carbocycles. The second-order valence-electron chi connectivity index (χ2n) is 5.52. The van der Waals surface area contributed by atoms with Crippen LogP contribution in [0.25, 0.3) is 0 Å². The normalized spacial score (nSPS) is 13.5. The summed E-state index contributed by atoms with van der Waals surface area (Å²) in [6.07, 6.45) is 2.33. The Morgan fingerprint density at radius 2 is 2.09 bits per heavy atom. The summed E-state index contributed by atoms with van der Waals surface area (Å²) in [7, 11) is 0. The van der Waals surface area contributed by atoms with Crippen LogP contribution in [0.2, 0.25) is 0 Å². The number of aryl methyl sites for hydroxylation is 2. The number of para-hydroxylation sites is 1. The van der Waals surface area contributed by atoms with Crippen LogP contribution in [0.4, 0.5) is 10.5 Å². The fraction of sp³-hybridized carbons (Fsp3) is 0.353. The molecule has 0 saturated carbocycles. The van der Waals surface area contributed by atoms with Crippen LogP contribution in [-0.4, -0.2) is 17.7 Å². The number of rotatable bonds is 5. The average molecular weight is 302 g/mol. The number of nitrogens with one attached hydrogen (secondary N) is 2. The SMILES string of the molecule is CCc1cccc(C)c1NC(=O)NCC(C)(O)c1ccco1. The van der Waals surface area contributed by atoms with Gasteiger partial charge in [0.1, 0.15) is 11.4 Å². The number of benzene rings is 1. The summed E-state index contributed by atoms with van der Waals surface area (Å²) in [5, 5.41) is 15.8. The molecule has 0 fully saturated rings. The van der Waals surface area contributed by atoms with Gasteiger partial charge in [0.15, 0.2) is 0 Å². The lowest BCUT2D eigenvalue weighted by molar-refractivity contribution is 0.0372. The van der Waals surface area contributed by atoms with Gasteiger partial charge >= 0.3 is 6.03 Å². The smallest absolute Gasteiger partial charge is 0.319 e. The third kappa shape index (κ3) is 3.68. The molecule has 118 valence electrons.